The molecule has 0 aromatic heterocycles. The summed E-state index contributed by atoms with van der Waals surface area (Å²) in [5.74, 6) is -0.283. The molecule has 0 spiro atoms. The van der Waals surface area contributed by atoms with Crippen LogP contribution in [0.4, 0.5) is 0 Å². The predicted molar refractivity (Wildman–Crippen MR) is 66.6 cm³/mol. The average molecular weight is 248 g/mol. The number of ether oxygens (including phenoxy) is 1. The smallest absolute Gasteiger partial charge is 0.343 e. The SMILES string of the molecule is CC1(C)CCCC2(C)C3=C(CCC12)C(=O)OC3=O. The van der Waals surface area contributed by atoms with E-state index in [1.807, 2.05) is 0 Å². The molecule has 0 N–H and O–H groups in total. The number of rotatable bonds is 0. The van der Waals surface area contributed by atoms with Gasteiger partial charge in [0.1, 0.15) is 0 Å². The van der Waals surface area contributed by atoms with Crippen molar-refractivity contribution in [3.05, 3.63) is 11.1 Å². The van der Waals surface area contributed by atoms with Crippen LogP contribution in [0.1, 0.15) is 52.9 Å². The summed E-state index contributed by atoms with van der Waals surface area (Å²) < 4.78 is 4.84. The molecule has 3 aliphatic rings. The quantitative estimate of drug-likeness (QED) is 0.489. The summed E-state index contributed by atoms with van der Waals surface area (Å²) in [5.41, 5.74) is 1.46. The Kier molecular flexibility index (Phi) is 2.30. The van der Waals surface area contributed by atoms with Crippen LogP contribution in [-0.4, -0.2) is 11.9 Å². The van der Waals surface area contributed by atoms with Gasteiger partial charge in [-0.2, -0.15) is 0 Å². The van der Waals surface area contributed by atoms with Gasteiger partial charge in [-0.05, 0) is 37.0 Å². The molecular formula is C15H20O3. The molecule has 1 heterocycles. The van der Waals surface area contributed by atoms with E-state index in [0.717, 1.165) is 19.3 Å². The van der Waals surface area contributed by atoms with Crippen molar-refractivity contribution in [2.45, 2.75) is 52.9 Å². The fraction of sp³-hybridized carbons (Fsp3) is 0.733. The van der Waals surface area contributed by atoms with Gasteiger partial charge >= 0.3 is 11.9 Å². The molecule has 0 bridgehead atoms. The number of esters is 2. The van der Waals surface area contributed by atoms with Gasteiger partial charge in [0, 0.05) is 11.0 Å². The highest BCUT2D eigenvalue weighted by atomic mass is 16.6. The molecule has 3 nitrogen and oxygen atoms in total. The van der Waals surface area contributed by atoms with E-state index in [2.05, 4.69) is 20.8 Å². The van der Waals surface area contributed by atoms with Crippen molar-refractivity contribution in [2.24, 2.45) is 16.7 Å². The minimum atomic E-state index is -0.391. The van der Waals surface area contributed by atoms with Crippen LogP contribution >= 0.6 is 0 Å². The zero-order valence-electron chi connectivity index (χ0n) is 11.3. The summed E-state index contributed by atoms with van der Waals surface area (Å²) in [5, 5.41) is 0. The Balaban J connectivity index is 2.12. The van der Waals surface area contributed by atoms with Gasteiger partial charge in [0.15, 0.2) is 0 Å². The number of carbonyl (C=O) groups excluding carboxylic acids is 2. The lowest BCUT2D eigenvalue weighted by molar-refractivity contribution is -0.151. The topological polar surface area (TPSA) is 43.4 Å². The summed E-state index contributed by atoms with van der Waals surface area (Å²) in [6, 6.07) is 0. The van der Waals surface area contributed by atoms with E-state index in [1.165, 1.54) is 6.42 Å². The number of fused-ring (bicyclic) bond motifs is 2. The zero-order valence-corrected chi connectivity index (χ0v) is 11.3. The van der Waals surface area contributed by atoms with E-state index in [9.17, 15) is 9.59 Å². The van der Waals surface area contributed by atoms with Gasteiger partial charge in [-0.3, -0.25) is 0 Å². The summed E-state index contributed by atoms with van der Waals surface area (Å²) in [6.07, 6.45) is 5.05. The van der Waals surface area contributed by atoms with Crippen LogP contribution in [0.25, 0.3) is 0 Å². The number of carbonyl (C=O) groups is 2. The zero-order chi connectivity index (χ0) is 13.1. The molecule has 2 unspecified atom stereocenters. The number of hydrogen-bond donors (Lipinski definition) is 0. The minimum Gasteiger partial charge on any atom is -0.386 e. The highest BCUT2D eigenvalue weighted by molar-refractivity contribution is 6.13. The average Bonchev–Trinajstić information content (AvgIpc) is 2.54. The molecule has 2 aliphatic carbocycles. The molecular weight excluding hydrogens is 228 g/mol. The van der Waals surface area contributed by atoms with Gasteiger partial charge in [-0.15, -0.1) is 0 Å². The van der Waals surface area contributed by atoms with Crippen molar-refractivity contribution in [1.29, 1.82) is 0 Å². The molecule has 1 saturated carbocycles. The van der Waals surface area contributed by atoms with Crippen LogP contribution in [0.2, 0.25) is 0 Å². The molecule has 18 heavy (non-hydrogen) atoms. The van der Waals surface area contributed by atoms with Crippen LogP contribution in [0, 0.1) is 16.7 Å². The molecule has 0 amide bonds. The molecule has 98 valence electrons. The lowest BCUT2D eigenvalue weighted by atomic mass is 9.50. The van der Waals surface area contributed by atoms with Crippen LogP contribution < -0.4 is 0 Å². The third-order valence-electron chi connectivity index (χ3n) is 5.42. The molecule has 0 saturated heterocycles. The molecule has 0 radical (unpaired) electrons. The van der Waals surface area contributed by atoms with E-state index in [1.54, 1.807) is 0 Å². The van der Waals surface area contributed by atoms with Crippen LogP contribution in [-0.2, 0) is 14.3 Å². The molecule has 1 fully saturated rings. The van der Waals surface area contributed by atoms with E-state index >= 15 is 0 Å². The van der Waals surface area contributed by atoms with Gasteiger partial charge in [0.05, 0.1) is 5.57 Å². The highest BCUT2D eigenvalue weighted by Gasteiger charge is 2.56. The standard InChI is InChI=1S/C15H20O3/c1-14(2)7-4-8-15(3)10(14)6-5-9-11(15)13(17)18-12(9)16/h10H,4-8H2,1-3H3. The fourth-order valence-corrected chi connectivity index (χ4v) is 4.65. The Hall–Kier alpha value is -1.12. The summed E-state index contributed by atoms with van der Waals surface area (Å²) in [6.45, 7) is 6.75. The summed E-state index contributed by atoms with van der Waals surface area (Å²) >= 11 is 0. The van der Waals surface area contributed by atoms with Crippen molar-refractivity contribution < 1.29 is 14.3 Å². The first-order valence-corrected chi connectivity index (χ1v) is 6.86. The molecule has 2 atom stereocenters. The second-order valence-corrected chi connectivity index (χ2v) is 6.88. The second-order valence-electron chi connectivity index (χ2n) is 6.88. The largest absolute Gasteiger partial charge is 0.386 e. The Morgan fingerprint density at radius 1 is 1.11 bits per heavy atom. The van der Waals surface area contributed by atoms with Crippen molar-refractivity contribution >= 4 is 11.9 Å². The summed E-state index contributed by atoms with van der Waals surface area (Å²) in [4.78, 5) is 23.7. The second kappa shape index (κ2) is 3.46. The lowest BCUT2D eigenvalue weighted by Gasteiger charge is -2.53. The highest BCUT2D eigenvalue weighted by Crippen LogP contribution is 2.60. The van der Waals surface area contributed by atoms with E-state index < -0.39 is 5.97 Å². The van der Waals surface area contributed by atoms with Crippen molar-refractivity contribution in [1.82, 2.24) is 0 Å². The van der Waals surface area contributed by atoms with Gasteiger partial charge in [-0.1, -0.05) is 27.2 Å². The first-order chi connectivity index (χ1) is 8.36. The van der Waals surface area contributed by atoms with E-state index in [0.29, 0.717) is 23.5 Å². The Bertz CT molecular complexity index is 472. The first kappa shape index (κ1) is 11.9. The van der Waals surface area contributed by atoms with Crippen LogP contribution in [0.5, 0.6) is 0 Å². The number of cyclic esters (lactones) is 2. The molecule has 0 aromatic carbocycles. The summed E-state index contributed by atoms with van der Waals surface area (Å²) in [7, 11) is 0. The molecule has 1 aliphatic heterocycles. The third-order valence-corrected chi connectivity index (χ3v) is 5.42. The van der Waals surface area contributed by atoms with Crippen molar-refractivity contribution in [3.8, 4) is 0 Å². The van der Waals surface area contributed by atoms with Crippen molar-refractivity contribution in [3.63, 3.8) is 0 Å². The maximum atomic E-state index is 12.0. The molecule has 3 heteroatoms. The van der Waals surface area contributed by atoms with Crippen LogP contribution in [0.3, 0.4) is 0 Å². The van der Waals surface area contributed by atoms with E-state index in [4.69, 9.17) is 4.74 Å². The minimum absolute atomic E-state index is 0.154. The van der Waals surface area contributed by atoms with Gasteiger partial charge in [0.25, 0.3) is 0 Å². The van der Waals surface area contributed by atoms with Crippen molar-refractivity contribution in [2.75, 3.05) is 0 Å². The predicted octanol–water partition coefficient (Wildman–Crippen LogP) is 2.99. The maximum absolute atomic E-state index is 12.0. The lowest BCUT2D eigenvalue weighted by Crippen LogP contribution is -2.46. The monoisotopic (exact) mass is 248 g/mol. The van der Waals surface area contributed by atoms with E-state index in [-0.39, 0.29) is 16.8 Å². The molecule has 0 aromatic rings. The third kappa shape index (κ3) is 1.36. The van der Waals surface area contributed by atoms with Gasteiger partial charge in [-0.25, -0.2) is 9.59 Å². The molecule has 3 rings (SSSR count). The Labute approximate surface area is 108 Å². The van der Waals surface area contributed by atoms with Gasteiger partial charge in [0.2, 0.25) is 0 Å². The van der Waals surface area contributed by atoms with Crippen LogP contribution in [0.15, 0.2) is 11.1 Å². The van der Waals surface area contributed by atoms with Gasteiger partial charge < -0.3 is 4.74 Å². The maximum Gasteiger partial charge on any atom is 0.343 e. The fourth-order valence-electron chi connectivity index (χ4n) is 4.65. The number of hydrogen-bond acceptors (Lipinski definition) is 3. The normalized spacial score (nSPS) is 38.3. The Morgan fingerprint density at radius 2 is 1.83 bits per heavy atom. The first-order valence-electron chi connectivity index (χ1n) is 6.86. The Morgan fingerprint density at radius 3 is 2.56 bits per heavy atom.